The first-order chi connectivity index (χ1) is 9.20. The first-order valence-electron chi connectivity index (χ1n) is 5.88. The number of fused-ring (bicyclic) bond motifs is 3. The molecule has 0 atom stereocenters. The van der Waals surface area contributed by atoms with Crippen LogP contribution in [0.4, 0.5) is 5.69 Å². The van der Waals surface area contributed by atoms with Crippen LogP contribution in [0.15, 0.2) is 23.1 Å². The summed E-state index contributed by atoms with van der Waals surface area (Å²) in [4.78, 5) is 18.7. The molecule has 2 aromatic heterocycles. The number of anilines is 1. The highest BCUT2D eigenvalue weighted by Crippen LogP contribution is 2.39. The summed E-state index contributed by atoms with van der Waals surface area (Å²) in [7, 11) is 1.58. The van der Waals surface area contributed by atoms with E-state index < -0.39 is 0 Å². The van der Waals surface area contributed by atoms with E-state index in [2.05, 4.69) is 9.97 Å². The minimum absolute atomic E-state index is 0.163. The number of rotatable bonds is 1. The lowest BCUT2D eigenvalue weighted by molar-refractivity contribution is 0.300. The molecular formula is C13H13N3O3. The molecule has 0 saturated carbocycles. The number of aromatic amines is 1. The lowest BCUT2D eigenvalue weighted by Crippen LogP contribution is -2.15. The van der Waals surface area contributed by atoms with Crippen molar-refractivity contribution < 1.29 is 9.47 Å². The summed E-state index contributed by atoms with van der Waals surface area (Å²) in [5.41, 5.74) is 7.75. The highest BCUT2D eigenvalue weighted by Gasteiger charge is 2.21. The molecule has 0 aromatic carbocycles. The molecule has 6 nitrogen and oxygen atoms in total. The van der Waals surface area contributed by atoms with E-state index in [1.54, 1.807) is 25.4 Å². The van der Waals surface area contributed by atoms with Gasteiger partial charge in [0.15, 0.2) is 11.5 Å². The molecule has 0 spiro atoms. The largest absolute Gasteiger partial charge is 0.493 e. The molecule has 0 unspecified atom stereocenters. The second-order valence-electron chi connectivity index (χ2n) is 4.24. The standard InChI is InChI=1S/C13H13N3O3/c1-18-10-2-4-15-11-7-6-8(14)13(17)16-9(7)3-5-19-12(10)11/h2,4,6H,3,5,14H2,1H3,(H,16,17). The summed E-state index contributed by atoms with van der Waals surface area (Å²) in [5, 5.41) is 0. The van der Waals surface area contributed by atoms with Crippen molar-refractivity contribution in [2.24, 2.45) is 0 Å². The second-order valence-corrected chi connectivity index (χ2v) is 4.24. The van der Waals surface area contributed by atoms with Gasteiger partial charge in [-0.15, -0.1) is 0 Å². The number of methoxy groups -OCH3 is 1. The molecule has 3 rings (SSSR count). The predicted molar refractivity (Wildman–Crippen MR) is 70.5 cm³/mol. The Kier molecular flexibility index (Phi) is 2.63. The fraction of sp³-hybridized carbons (Fsp3) is 0.231. The van der Waals surface area contributed by atoms with Gasteiger partial charge in [0, 0.05) is 29.9 Å². The number of ether oxygens (including phenoxy) is 2. The predicted octanol–water partition coefficient (Wildman–Crippen LogP) is 0.963. The van der Waals surface area contributed by atoms with Crippen LogP contribution in [-0.2, 0) is 6.42 Å². The fourth-order valence-corrected chi connectivity index (χ4v) is 2.17. The molecule has 0 saturated heterocycles. The minimum Gasteiger partial charge on any atom is -0.493 e. The zero-order valence-corrected chi connectivity index (χ0v) is 10.4. The molecule has 6 heteroatoms. The number of nitrogens with one attached hydrogen (secondary N) is 1. The Bertz CT molecular complexity index is 694. The maximum atomic E-state index is 11.6. The Hall–Kier alpha value is -2.50. The van der Waals surface area contributed by atoms with Crippen LogP contribution in [-0.4, -0.2) is 23.7 Å². The molecule has 0 aliphatic carbocycles. The van der Waals surface area contributed by atoms with Gasteiger partial charge >= 0.3 is 0 Å². The van der Waals surface area contributed by atoms with Crippen molar-refractivity contribution >= 4 is 5.69 Å². The summed E-state index contributed by atoms with van der Waals surface area (Å²) in [6, 6.07) is 3.37. The molecule has 1 aliphatic rings. The molecule has 19 heavy (non-hydrogen) atoms. The number of hydrogen-bond donors (Lipinski definition) is 2. The number of nitrogen functional groups attached to an aromatic ring is 1. The number of nitrogens with zero attached hydrogens (tertiary/aromatic N) is 1. The molecule has 0 amide bonds. The van der Waals surface area contributed by atoms with Gasteiger partial charge in [-0.25, -0.2) is 0 Å². The Morgan fingerprint density at radius 1 is 1.53 bits per heavy atom. The zero-order valence-electron chi connectivity index (χ0n) is 10.4. The number of H-pyrrole nitrogens is 1. The summed E-state index contributed by atoms with van der Waals surface area (Å²) in [6.07, 6.45) is 2.22. The smallest absolute Gasteiger partial charge is 0.271 e. The van der Waals surface area contributed by atoms with Crippen LogP contribution in [0.3, 0.4) is 0 Å². The van der Waals surface area contributed by atoms with E-state index in [9.17, 15) is 4.79 Å². The maximum absolute atomic E-state index is 11.6. The molecule has 0 fully saturated rings. The monoisotopic (exact) mass is 259 g/mol. The van der Waals surface area contributed by atoms with Gasteiger partial charge < -0.3 is 20.2 Å². The van der Waals surface area contributed by atoms with Crippen LogP contribution in [0.5, 0.6) is 11.5 Å². The lowest BCUT2D eigenvalue weighted by atomic mass is 10.1. The number of pyridine rings is 2. The van der Waals surface area contributed by atoms with Crippen LogP contribution in [0.1, 0.15) is 5.69 Å². The second kappa shape index (κ2) is 4.31. The summed E-state index contributed by atoms with van der Waals surface area (Å²) >= 11 is 0. The van der Waals surface area contributed by atoms with Crippen molar-refractivity contribution in [3.63, 3.8) is 0 Å². The molecule has 2 aromatic rings. The molecule has 3 N–H and O–H groups in total. The van der Waals surface area contributed by atoms with Crippen LogP contribution < -0.4 is 20.8 Å². The molecule has 0 radical (unpaired) electrons. The molecule has 3 heterocycles. The highest BCUT2D eigenvalue weighted by molar-refractivity contribution is 5.74. The number of hydrogen-bond acceptors (Lipinski definition) is 5. The van der Waals surface area contributed by atoms with Gasteiger partial charge in [0.25, 0.3) is 5.56 Å². The van der Waals surface area contributed by atoms with Crippen LogP contribution in [0, 0.1) is 0 Å². The van der Waals surface area contributed by atoms with Gasteiger partial charge in [0.2, 0.25) is 0 Å². The molecular weight excluding hydrogens is 246 g/mol. The Labute approximate surface area is 109 Å². The Balaban J connectivity index is 2.30. The van der Waals surface area contributed by atoms with E-state index in [1.807, 2.05) is 0 Å². The van der Waals surface area contributed by atoms with Crippen molar-refractivity contribution in [1.29, 1.82) is 0 Å². The number of aromatic nitrogens is 2. The average molecular weight is 259 g/mol. The third-order valence-electron chi connectivity index (χ3n) is 3.09. The zero-order chi connectivity index (χ0) is 13.4. The third-order valence-corrected chi connectivity index (χ3v) is 3.09. The van der Waals surface area contributed by atoms with E-state index in [0.717, 1.165) is 11.3 Å². The topological polar surface area (TPSA) is 90.2 Å². The van der Waals surface area contributed by atoms with Gasteiger partial charge in [0.1, 0.15) is 5.69 Å². The van der Waals surface area contributed by atoms with Crippen molar-refractivity contribution in [2.75, 3.05) is 19.5 Å². The lowest BCUT2D eigenvalue weighted by Gasteiger charge is -2.11. The van der Waals surface area contributed by atoms with Crippen molar-refractivity contribution in [3.8, 4) is 22.8 Å². The first kappa shape index (κ1) is 11.6. The quantitative estimate of drug-likeness (QED) is 0.796. The maximum Gasteiger partial charge on any atom is 0.271 e. The van der Waals surface area contributed by atoms with E-state index >= 15 is 0 Å². The summed E-state index contributed by atoms with van der Waals surface area (Å²) in [5.74, 6) is 1.19. The molecule has 0 bridgehead atoms. The summed E-state index contributed by atoms with van der Waals surface area (Å²) in [6.45, 7) is 0.446. The van der Waals surface area contributed by atoms with Crippen LogP contribution in [0.2, 0.25) is 0 Å². The van der Waals surface area contributed by atoms with Gasteiger partial charge in [-0.2, -0.15) is 0 Å². The van der Waals surface area contributed by atoms with Crippen LogP contribution >= 0.6 is 0 Å². The Morgan fingerprint density at radius 2 is 2.37 bits per heavy atom. The summed E-state index contributed by atoms with van der Waals surface area (Å²) < 4.78 is 11.0. The fourth-order valence-electron chi connectivity index (χ4n) is 2.17. The third kappa shape index (κ3) is 1.81. The van der Waals surface area contributed by atoms with Gasteiger partial charge in [-0.1, -0.05) is 0 Å². The molecule has 1 aliphatic heterocycles. The van der Waals surface area contributed by atoms with E-state index in [4.69, 9.17) is 15.2 Å². The minimum atomic E-state index is -0.287. The highest BCUT2D eigenvalue weighted by atomic mass is 16.5. The van der Waals surface area contributed by atoms with Crippen molar-refractivity contribution in [1.82, 2.24) is 9.97 Å². The van der Waals surface area contributed by atoms with E-state index in [0.29, 0.717) is 30.2 Å². The Morgan fingerprint density at radius 3 is 3.16 bits per heavy atom. The first-order valence-corrected chi connectivity index (χ1v) is 5.88. The van der Waals surface area contributed by atoms with E-state index in [-0.39, 0.29) is 11.2 Å². The van der Waals surface area contributed by atoms with Gasteiger partial charge in [0.05, 0.1) is 19.4 Å². The van der Waals surface area contributed by atoms with Crippen molar-refractivity contribution in [3.05, 3.63) is 34.4 Å². The SMILES string of the molecule is COc1ccnc2c1OCCc1[nH]c(=O)c(N)cc1-2. The van der Waals surface area contributed by atoms with Gasteiger partial charge in [-0.05, 0) is 6.07 Å². The normalized spacial score (nSPS) is 12.9. The average Bonchev–Trinajstić information content (AvgIpc) is 2.59. The van der Waals surface area contributed by atoms with Crippen LogP contribution in [0.25, 0.3) is 11.3 Å². The molecule has 98 valence electrons. The van der Waals surface area contributed by atoms with Gasteiger partial charge in [-0.3, -0.25) is 9.78 Å². The van der Waals surface area contributed by atoms with Crippen molar-refractivity contribution in [2.45, 2.75) is 6.42 Å². The van der Waals surface area contributed by atoms with E-state index in [1.165, 1.54) is 0 Å². The number of nitrogens with two attached hydrogens (primary N) is 1.